The quantitative estimate of drug-likeness (QED) is 0.648. The van der Waals surface area contributed by atoms with Crippen LogP contribution in [0.2, 0.25) is 0 Å². The standard InChI is InChI=1S/C15H20FN3O3S/c1-2-23(21,22)19-8-4-6-13(11-19)15(20)18-17-10-12-5-3-7-14(16)9-12/h3,5,7,9-10,13H,2,4,6,8,11H2,1H3,(H,18,20)/b17-10-/t13-/m0/s1. The second kappa shape index (κ2) is 7.65. The van der Waals surface area contributed by atoms with Crippen molar-refractivity contribution in [3.8, 4) is 0 Å². The number of piperidine rings is 1. The molecule has 23 heavy (non-hydrogen) atoms. The van der Waals surface area contributed by atoms with E-state index in [9.17, 15) is 17.6 Å². The molecule has 0 bridgehead atoms. The molecule has 8 heteroatoms. The lowest BCUT2D eigenvalue weighted by atomic mass is 9.99. The molecule has 6 nitrogen and oxygen atoms in total. The van der Waals surface area contributed by atoms with E-state index < -0.39 is 15.9 Å². The van der Waals surface area contributed by atoms with Gasteiger partial charge in [0, 0.05) is 13.1 Å². The van der Waals surface area contributed by atoms with Crippen molar-refractivity contribution in [2.24, 2.45) is 11.0 Å². The highest BCUT2D eigenvalue weighted by atomic mass is 32.2. The predicted molar refractivity (Wildman–Crippen MR) is 85.9 cm³/mol. The largest absolute Gasteiger partial charge is 0.273 e. The minimum Gasteiger partial charge on any atom is -0.273 e. The molecular formula is C15H20FN3O3S. The fourth-order valence-electron chi connectivity index (χ4n) is 2.44. The van der Waals surface area contributed by atoms with E-state index in [1.54, 1.807) is 19.1 Å². The van der Waals surface area contributed by atoms with Crippen molar-refractivity contribution >= 4 is 22.1 Å². The van der Waals surface area contributed by atoms with Crippen molar-refractivity contribution in [3.05, 3.63) is 35.6 Å². The van der Waals surface area contributed by atoms with Crippen LogP contribution in [0.1, 0.15) is 25.3 Å². The van der Waals surface area contributed by atoms with E-state index in [2.05, 4.69) is 10.5 Å². The maximum Gasteiger partial charge on any atom is 0.244 e. The Labute approximate surface area is 135 Å². The van der Waals surface area contributed by atoms with Crippen LogP contribution in [-0.4, -0.2) is 43.7 Å². The predicted octanol–water partition coefficient (Wildman–Crippen LogP) is 1.34. The highest BCUT2D eigenvalue weighted by Crippen LogP contribution is 2.19. The first-order valence-electron chi connectivity index (χ1n) is 7.48. The van der Waals surface area contributed by atoms with Crippen molar-refractivity contribution in [2.45, 2.75) is 19.8 Å². The zero-order valence-corrected chi connectivity index (χ0v) is 13.7. The number of nitrogens with zero attached hydrogens (tertiary/aromatic N) is 2. The molecule has 1 aromatic rings. The van der Waals surface area contributed by atoms with E-state index in [0.29, 0.717) is 24.9 Å². The Kier molecular flexibility index (Phi) is 5.84. The van der Waals surface area contributed by atoms with E-state index in [1.807, 2.05) is 0 Å². The number of hydrogen-bond acceptors (Lipinski definition) is 4. The van der Waals surface area contributed by atoms with Gasteiger partial charge in [0.1, 0.15) is 5.82 Å². The van der Waals surface area contributed by atoms with Gasteiger partial charge in [-0.1, -0.05) is 12.1 Å². The first-order chi connectivity index (χ1) is 10.9. The van der Waals surface area contributed by atoms with Crippen molar-refractivity contribution in [2.75, 3.05) is 18.8 Å². The van der Waals surface area contributed by atoms with Crippen LogP contribution in [0.15, 0.2) is 29.4 Å². The number of rotatable bonds is 5. The highest BCUT2D eigenvalue weighted by Gasteiger charge is 2.31. The third-order valence-electron chi connectivity index (χ3n) is 3.75. The molecular weight excluding hydrogens is 321 g/mol. The number of hydrogen-bond donors (Lipinski definition) is 1. The van der Waals surface area contributed by atoms with Gasteiger partial charge < -0.3 is 0 Å². The molecule has 0 aliphatic carbocycles. The summed E-state index contributed by atoms with van der Waals surface area (Å²) in [6, 6.07) is 5.83. The average Bonchev–Trinajstić information content (AvgIpc) is 2.55. The summed E-state index contributed by atoms with van der Waals surface area (Å²) in [4.78, 5) is 12.1. The van der Waals surface area contributed by atoms with Gasteiger partial charge in [-0.15, -0.1) is 0 Å². The Bertz CT molecular complexity index is 691. The fourth-order valence-corrected chi connectivity index (χ4v) is 3.62. The van der Waals surface area contributed by atoms with Crippen molar-refractivity contribution in [1.82, 2.24) is 9.73 Å². The monoisotopic (exact) mass is 341 g/mol. The number of sulfonamides is 1. The first kappa shape index (κ1) is 17.6. The van der Waals surface area contributed by atoms with Crippen LogP contribution < -0.4 is 5.43 Å². The number of carbonyl (C=O) groups excluding carboxylic acids is 1. The molecule has 0 unspecified atom stereocenters. The molecule has 0 radical (unpaired) electrons. The summed E-state index contributed by atoms with van der Waals surface area (Å²) in [7, 11) is -3.28. The fraction of sp³-hybridized carbons (Fsp3) is 0.467. The Morgan fingerprint density at radius 1 is 1.52 bits per heavy atom. The summed E-state index contributed by atoms with van der Waals surface area (Å²) in [6.07, 6.45) is 2.62. The first-order valence-corrected chi connectivity index (χ1v) is 9.09. The van der Waals surface area contributed by atoms with Crippen LogP contribution in [0, 0.1) is 11.7 Å². The topological polar surface area (TPSA) is 78.8 Å². The van der Waals surface area contributed by atoms with Gasteiger partial charge in [0.25, 0.3) is 0 Å². The minimum absolute atomic E-state index is 0.0268. The molecule has 1 atom stereocenters. The SMILES string of the molecule is CCS(=O)(=O)N1CCC[C@H](C(=O)N/N=C\c2cccc(F)c2)C1. The van der Waals surface area contributed by atoms with Gasteiger partial charge in [0.2, 0.25) is 15.9 Å². The van der Waals surface area contributed by atoms with Crippen LogP contribution in [-0.2, 0) is 14.8 Å². The van der Waals surface area contributed by atoms with Crippen molar-refractivity contribution < 1.29 is 17.6 Å². The van der Waals surface area contributed by atoms with E-state index >= 15 is 0 Å². The number of benzene rings is 1. The molecule has 1 N–H and O–H groups in total. The second-order valence-electron chi connectivity index (χ2n) is 5.39. The van der Waals surface area contributed by atoms with Crippen LogP contribution >= 0.6 is 0 Å². The zero-order valence-electron chi connectivity index (χ0n) is 12.9. The van der Waals surface area contributed by atoms with Gasteiger partial charge >= 0.3 is 0 Å². The van der Waals surface area contributed by atoms with Gasteiger partial charge in [-0.25, -0.2) is 22.5 Å². The number of amides is 1. The Hall–Kier alpha value is -1.80. The molecule has 1 fully saturated rings. The summed E-state index contributed by atoms with van der Waals surface area (Å²) < 4.78 is 38.1. The normalized spacial score (nSPS) is 19.8. The van der Waals surface area contributed by atoms with Crippen molar-refractivity contribution in [3.63, 3.8) is 0 Å². The Balaban J connectivity index is 1.93. The third kappa shape index (κ3) is 4.84. The van der Waals surface area contributed by atoms with Gasteiger partial charge in [-0.3, -0.25) is 4.79 Å². The number of halogens is 1. The lowest BCUT2D eigenvalue weighted by molar-refractivity contribution is -0.126. The van der Waals surface area contributed by atoms with E-state index in [4.69, 9.17) is 0 Å². The molecule has 1 aliphatic rings. The van der Waals surface area contributed by atoms with E-state index in [-0.39, 0.29) is 24.0 Å². The Morgan fingerprint density at radius 3 is 3.00 bits per heavy atom. The van der Waals surface area contributed by atoms with Gasteiger partial charge in [-0.2, -0.15) is 5.10 Å². The summed E-state index contributed by atoms with van der Waals surface area (Å²) in [5.41, 5.74) is 2.93. The minimum atomic E-state index is -3.28. The van der Waals surface area contributed by atoms with Gasteiger partial charge in [-0.05, 0) is 37.5 Å². The lowest BCUT2D eigenvalue weighted by Gasteiger charge is -2.30. The van der Waals surface area contributed by atoms with E-state index in [0.717, 1.165) is 0 Å². The lowest BCUT2D eigenvalue weighted by Crippen LogP contribution is -2.45. The number of carbonyl (C=O) groups is 1. The van der Waals surface area contributed by atoms with Crippen LogP contribution in [0.4, 0.5) is 4.39 Å². The third-order valence-corrected chi connectivity index (χ3v) is 5.60. The van der Waals surface area contributed by atoms with Gasteiger partial charge in [0.15, 0.2) is 0 Å². The molecule has 0 aromatic heterocycles. The summed E-state index contributed by atoms with van der Waals surface area (Å²) in [5, 5.41) is 3.81. The number of nitrogens with one attached hydrogen (secondary N) is 1. The molecule has 2 rings (SSSR count). The molecule has 0 spiro atoms. The van der Waals surface area contributed by atoms with Crippen LogP contribution in [0.5, 0.6) is 0 Å². The van der Waals surface area contributed by atoms with Crippen LogP contribution in [0.3, 0.4) is 0 Å². The highest BCUT2D eigenvalue weighted by molar-refractivity contribution is 7.89. The number of hydrazone groups is 1. The average molecular weight is 341 g/mol. The smallest absolute Gasteiger partial charge is 0.244 e. The Morgan fingerprint density at radius 2 is 2.30 bits per heavy atom. The molecule has 1 aromatic carbocycles. The van der Waals surface area contributed by atoms with Crippen LogP contribution in [0.25, 0.3) is 0 Å². The molecule has 1 amide bonds. The van der Waals surface area contributed by atoms with Crippen molar-refractivity contribution in [1.29, 1.82) is 0 Å². The molecule has 0 saturated carbocycles. The molecule has 126 valence electrons. The maximum absolute atomic E-state index is 13.0. The summed E-state index contributed by atoms with van der Waals surface area (Å²) >= 11 is 0. The van der Waals surface area contributed by atoms with E-state index in [1.165, 1.54) is 22.7 Å². The maximum atomic E-state index is 13.0. The summed E-state index contributed by atoms with van der Waals surface area (Å²) in [6.45, 7) is 2.21. The summed E-state index contributed by atoms with van der Waals surface area (Å²) in [5.74, 6) is -1.10. The molecule has 1 heterocycles. The second-order valence-corrected chi connectivity index (χ2v) is 7.64. The molecule has 1 aliphatic heterocycles. The van der Waals surface area contributed by atoms with Gasteiger partial charge in [0.05, 0.1) is 17.9 Å². The zero-order chi connectivity index (χ0) is 16.9. The molecule has 1 saturated heterocycles.